The number of nitrogens with one attached hydrogen (secondary N) is 1. The van der Waals surface area contributed by atoms with Crippen molar-refractivity contribution in [2.75, 3.05) is 10.8 Å². The fraction of sp³-hybridized carbons (Fsp3) is 0.346. The highest BCUT2D eigenvalue weighted by Gasteiger charge is 2.47. The highest BCUT2D eigenvalue weighted by atomic mass is 31.2. The summed E-state index contributed by atoms with van der Waals surface area (Å²) in [7, 11) is -3.53. The molecule has 2 heterocycles. The molecule has 0 saturated carbocycles. The number of rotatable bonds is 3. The van der Waals surface area contributed by atoms with E-state index >= 15 is 0 Å². The van der Waals surface area contributed by atoms with Crippen LogP contribution in [0.3, 0.4) is 0 Å². The number of phenols is 1. The molecular formula is C26H32N3O3P. The van der Waals surface area contributed by atoms with Gasteiger partial charge in [-0.2, -0.15) is 0 Å². The van der Waals surface area contributed by atoms with Gasteiger partial charge >= 0.3 is 7.52 Å². The molecule has 1 aromatic heterocycles. The summed E-state index contributed by atoms with van der Waals surface area (Å²) in [6.07, 6.45) is 0. The van der Waals surface area contributed by atoms with Crippen LogP contribution in [0, 0.1) is 0 Å². The first-order valence-corrected chi connectivity index (χ1v) is 12.8. The molecule has 0 amide bonds. The van der Waals surface area contributed by atoms with E-state index in [0.717, 1.165) is 22.3 Å². The number of nitrogens with zero attached hydrogens (tertiary/aromatic N) is 1. The molecule has 33 heavy (non-hydrogen) atoms. The zero-order valence-electron chi connectivity index (χ0n) is 20.0. The molecule has 2 unspecified atom stereocenters. The van der Waals surface area contributed by atoms with Gasteiger partial charge in [-0.3, -0.25) is 9.65 Å². The second-order valence-electron chi connectivity index (χ2n) is 10.7. The Morgan fingerprint density at radius 1 is 0.970 bits per heavy atom. The van der Waals surface area contributed by atoms with Crippen molar-refractivity contribution >= 4 is 19.2 Å². The van der Waals surface area contributed by atoms with Crippen molar-refractivity contribution in [3.8, 4) is 11.5 Å². The molecule has 0 saturated heterocycles. The molecule has 2 atom stereocenters. The lowest BCUT2D eigenvalue weighted by Crippen LogP contribution is -2.19. The number of pyridine rings is 1. The Morgan fingerprint density at radius 2 is 1.55 bits per heavy atom. The summed E-state index contributed by atoms with van der Waals surface area (Å²) in [5.41, 5.74) is 7.84. The quantitative estimate of drug-likeness (QED) is 0.370. The number of hydrogen-bond donors (Lipinski definition) is 3. The number of hydrogen-bond acceptors (Lipinski definition) is 5. The molecule has 1 aliphatic rings. The molecule has 0 spiro atoms. The van der Waals surface area contributed by atoms with Crippen molar-refractivity contribution in [2.24, 2.45) is 0 Å². The van der Waals surface area contributed by atoms with E-state index in [-0.39, 0.29) is 16.6 Å². The summed E-state index contributed by atoms with van der Waals surface area (Å²) < 4.78 is 20.5. The predicted octanol–water partition coefficient (Wildman–Crippen LogP) is 6.75. The second-order valence-corrected chi connectivity index (χ2v) is 12.8. The molecule has 174 valence electrons. The van der Waals surface area contributed by atoms with Gasteiger partial charge in [0.15, 0.2) is 0 Å². The molecule has 3 aromatic rings. The SMILES string of the molecule is CC(C)(C)c1cc(C2c3ccc(N)nc3NP2(=O)Oc2ccccc2)cc(C(C)(C)C)c1O. The predicted molar refractivity (Wildman–Crippen MR) is 134 cm³/mol. The normalized spacial score (nSPS) is 20.2. The number of para-hydroxylation sites is 1. The molecule has 0 bridgehead atoms. The molecule has 4 N–H and O–H groups in total. The van der Waals surface area contributed by atoms with Crippen molar-refractivity contribution in [1.82, 2.24) is 4.98 Å². The second kappa shape index (κ2) is 7.81. The lowest BCUT2D eigenvalue weighted by molar-refractivity contribution is 0.422. The monoisotopic (exact) mass is 465 g/mol. The van der Waals surface area contributed by atoms with Crippen molar-refractivity contribution in [2.45, 2.75) is 58.0 Å². The average Bonchev–Trinajstić information content (AvgIpc) is 2.97. The molecule has 7 heteroatoms. The Morgan fingerprint density at radius 3 is 2.09 bits per heavy atom. The molecular weight excluding hydrogens is 433 g/mol. The van der Waals surface area contributed by atoms with Crippen molar-refractivity contribution in [1.29, 1.82) is 0 Å². The van der Waals surface area contributed by atoms with Crippen LogP contribution < -0.4 is 15.3 Å². The maximum Gasteiger partial charge on any atom is 0.354 e. The molecule has 1 aliphatic heterocycles. The first-order chi connectivity index (χ1) is 15.3. The Bertz CT molecular complexity index is 1210. The minimum atomic E-state index is -3.53. The van der Waals surface area contributed by atoms with Crippen molar-refractivity contribution in [3.05, 3.63) is 76.9 Å². The van der Waals surface area contributed by atoms with E-state index in [4.69, 9.17) is 10.3 Å². The molecule has 0 aliphatic carbocycles. The Labute approximate surface area is 195 Å². The van der Waals surface area contributed by atoms with Crippen LogP contribution in [0.4, 0.5) is 11.6 Å². The maximum absolute atomic E-state index is 14.4. The van der Waals surface area contributed by atoms with Crippen LogP contribution in [0.5, 0.6) is 11.5 Å². The molecule has 4 rings (SSSR count). The fourth-order valence-corrected chi connectivity index (χ4v) is 6.54. The van der Waals surface area contributed by atoms with Gasteiger partial charge in [-0.1, -0.05) is 77.9 Å². The van der Waals surface area contributed by atoms with Gasteiger partial charge in [-0.05, 0) is 45.7 Å². The summed E-state index contributed by atoms with van der Waals surface area (Å²) in [4.78, 5) is 4.39. The maximum atomic E-state index is 14.4. The number of benzene rings is 2. The summed E-state index contributed by atoms with van der Waals surface area (Å²) in [6, 6.07) is 16.6. The Hall–Kier alpha value is -2.98. The standard InChI is InChI=1S/C26H32N3O3P/c1-25(2,3)19-14-16(15-20(22(19)30)26(4,5)6)23-18-12-13-21(27)28-24(18)29-33(23,31)32-17-10-8-7-9-11-17/h7-15,23,30H,1-6H3,(H3,27,28,29,31). The van der Waals surface area contributed by atoms with Gasteiger partial charge in [-0.25, -0.2) is 4.98 Å². The van der Waals surface area contributed by atoms with Crippen LogP contribution in [-0.4, -0.2) is 10.1 Å². The third kappa shape index (κ3) is 4.32. The molecule has 6 nitrogen and oxygen atoms in total. The largest absolute Gasteiger partial charge is 0.507 e. The minimum Gasteiger partial charge on any atom is -0.507 e. The number of fused-ring (bicyclic) bond motifs is 1. The summed E-state index contributed by atoms with van der Waals surface area (Å²) >= 11 is 0. The van der Waals surface area contributed by atoms with Crippen LogP contribution in [-0.2, 0) is 15.4 Å². The Balaban J connectivity index is 1.97. The van der Waals surface area contributed by atoms with E-state index in [1.807, 2.05) is 36.4 Å². The van der Waals surface area contributed by atoms with Crippen LogP contribution in [0.25, 0.3) is 0 Å². The highest BCUT2D eigenvalue weighted by Crippen LogP contribution is 2.68. The summed E-state index contributed by atoms with van der Waals surface area (Å²) in [5.74, 6) is 1.58. The third-order valence-electron chi connectivity index (χ3n) is 5.89. The van der Waals surface area contributed by atoms with Gasteiger partial charge in [-0.15, -0.1) is 0 Å². The third-order valence-corrected chi connectivity index (χ3v) is 8.15. The molecule has 0 radical (unpaired) electrons. The fourth-order valence-electron chi connectivity index (χ4n) is 4.24. The average molecular weight is 466 g/mol. The van der Waals surface area contributed by atoms with Crippen molar-refractivity contribution in [3.63, 3.8) is 0 Å². The first kappa shape index (κ1) is 23.2. The van der Waals surface area contributed by atoms with Crippen LogP contribution >= 0.6 is 7.52 Å². The van der Waals surface area contributed by atoms with Crippen LogP contribution in [0.15, 0.2) is 54.6 Å². The topological polar surface area (TPSA) is 97.5 Å². The summed E-state index contributed by atoms with van der Waals surface area (Å²) in [5, 5.41) is 14.2. The van der Waals surface area contributed by atoms with Gasteiger partial charge in [0.2, 0.25) is 0 Å². The van der Waals surface area contributed by atoms with Gasteiger partial charge in [0.1, 0.15) is 28.8 Å². The van der Waals surface area contributed by atoms with Gasteiger partial charge in [0.25, 0.3) is 0 Å². The number of anilines is 2. The van der Waals surface area contributed by atoms with E-state index < -0.39 is 13.2 Å². The molecule has 2 aromatic carbocycles. The van der Waals surface area contributed by atoms with Gasteiger partial charge < -0.3 is 15.4 Å². The number of nitrogens with two attached hydrogens (primary N) is 1. The van der Waals surface area contributed by atoms with Crippen molar-refractivity contribution < 1.29 is 14.2 Å². The number of aromatic hydroxyl groups is 1. The van der Waals surface area contributed by atoms with E-state index in [1.54, 1.807) is 18.2 Å². The van der Waals surface area contributed by atoms with E-state index in [1.165, 1.54) is 0 Å². The summed E-state index contributed by atoms with van der Waals surface area (Å²) in [6.45, 7) is 12.3. The van der Waals surface area contributed by atoms with E-state index in [0.29, 0.717) is 17.4 Å². The van der Waals surface area contributed by atoms with E-state index in [9.17, 15) is 9.67 Å². The zero-order valence-corrected chi connectivity index (χ0v) is 20.9. The highest BCUT2D eigenvalue weighted by molar-refractivity contribution is 7.62. The smallest absolute Gasteiger partial charge is 0.354 e. The lowest BCUT2D eigenvalue weighted by Gasteiger charge is -2.30. The number of aromatic nitrogens is 1. The lowest BCUT2D eigenvalue weighted by atomic mass is 9.78. The van der Waals surface area contributed by atoms with Crippen LogP contribution in [0.1, 0.15) is 69.5 Å². The minimum absolute atomic E-state index is 0.277. The zero-order chi connectivity index (χ0) is 24.2. The van der Waals surface area contributed by atoms with Gasteiger partial charge in [0, 0.05) is 5.56 Å². The van der Waals surface area contributed by atoms with E-state index in [2.05, 4.69) is 51.6 Å². The number of nitrogen functional groups attached to an aromatic ring is 1. The van der Waals surface area contributed by atoms with Gasteiger partial charge in [0.05, 0.1) is 0 Å². The molecule has 0 fully saturated rings. The van der Waals surface area contributed by atoms with Crippen LogP contribution in [0.2, 0.25) is 0 Å². The number of phenolic OH excluding ortho intramolecular Hbond substituents is 1. The first-order valence-electron chi connectivity index (χ1n) is 11.1. The Kier molecular flexibility index (Phi) is 5.49.